The molecule has 1 aliphatic heterocycles. The van der Waals surface area contributed by atoms with Crippen LogP contribution in [0.5, 0.6) is 11.5 Å². The van der Waals surface area contributed by atoms with Crippen molar-refractivity contribution in [2.24, 2.45) is 0 Å². The molecule has 1 heterocycles. The van der Waals surface area contributed by atoms with Crippen LogP contribution >= 0.6 is 11.6 Å². The van der Waals surface area contributed by atoms with Crippen LogP contribution in [0.2, 0.25) is 5.02 Å². The second-order valence-electron chi connectivity index (χ2n) is 5.96. The molecule has 7 nitrogen and oxygen atoms in total. The molecular weight excluding hydrogens is 360 g/mol. The second-order valence-corrected chi connectivity index (χ2v) is 6.37. The highest BCUT2D eigenvalue weighted by atomic mass is 35.5. The molecule has 2 amide bonds. The average Bonchev–Trinajstić information content (AvgIpc) is 3.09. The van der Waals surface area contributed by atoms with E-state index in [1.54, 1.807) is 42.5 Å². The Morgan fingerprint density at radius 2 is 1.88 bits per heavy atom. The highest BCUT2D eigenvalue weighted by Gasteiger charge is 2.28. The number of carbonyl (C=O) groups is 2. The summed E-state index contributed by atoms with van der Waals surface area (Å²) in [6.45, 7) is 1.48. The third kappa shape index (κ3) is 3.89. The zero-order valence-electron chi connectivity index (χ0n) is 13.9. The van der Waals surface area contributed by atoms with Crippen LogP contribution in [0.1, 0.15) is 12.5 Å². The lowest BCUT2D eigenvalue weighted by atomic mass is 9.95. The summed E-state index contributed by atoms with van der Waals surface area (Å²) in [5.41, 5.74) is -0.549. The quantitative estimate of drug-likeness (QED) is 0.709. The normalized spacial score (nSPS) is 14.4. The first-order valence-electron chi connectivity index (χ1n) is 7.83. The van der Waals surface area contributed by atoms with Crippen LogP contribution in [-0.4, -0.2) is 30.3 Å². The largest absolute Gasteiger partial charge is 0.454 e. The van der Waals surface area contributed by atoms with Crippen molar-refractivity contribution in [1.82, 2.24) is 5.32 Å². The minimum Gasteiger partial charge on any atom is -0.454 e. The van der Waals surface area contributed by atoms with Gasteiger partial charge in [0.05, 0.1) is 17.3 Å². The molecule has 0 aliphatic carbocycles. The Labute approximate surface area is 154 Å². The van der Waals surface area contributed by atoms with E-state index in [-0.39, 0.29) is 13.3 Å². The summed E-state index contributed by atoms with van der Waals surface area (Å²) < 4.78 is 10.5. The van der Waals surface area contributed by atoms with E-state index in [0.717, 1.165) is 0 Å². The van der Waals surface area contributed by atoms with Gasteiger partial charge >= 0.3 is 11.8 Å². The van der Waals surface area contributed by atoms with Crippen molar-refractivity contribution in [1.29, 1.82) is 0 Å². The molecular formula is C18H17ClN2O5. The third-order valence-electron chi connectivity index (χ3n) is 3.92. The average molecular weight is 377 g/mol. The Kier molecular flexibility index (Phi) is 5.01. The van der Waals surface area contributed by atoms with E-state index < -0.39 is 17.4 Å². The Morgan fingerprint density at radius 3 is 2.65 bits per heavy atom. The second kappa shape index (κ2) is 7.23. The van der Waals surface area contributed by atoms with E-state index in [4.69, 9.17) is 21.1 Å². The van der Waals surface area contributed by atoms with Gasteiger partial charge in [-0.2, -0.15) is 0 Å². The summed E-state index contributed by atoms with van der Waals surface area (Å²) in [7, 11) is 0. The third-order valence-corrected chi connectivity index (χ3v) is 4.25. The van der Waals surface area contributed by atoms with E-state index in [1.165, 1.54) is 6.92 Å². The van der Waals surface area contributed by atoms with E-state index in [9.17, 15) is 14.7 Å². The molecule has 8 heteroatoms. The van der Waals surface area contributed by atoms with Gasteiger partial charge in [0.1, 0.15) is 5.60 Å². The van der Waals surface area contributed by atoms with Gasteiger partial charge in [0.15, 0.2) is 11.5 Å². The molecule has 0 fully saturated rings. The summed E-state index contributed by atoms with van der Waals surface area (Å²) in [5, 5.41) is 15.8. The highest BCUT2D eigenvalue weighted by molar-refractivity contribution is 6.41. The Bertz CT molecular complexity index is 853. The summed E-state index contributed by atoms with van der Waals surface area (Å²) in [6.07, 6.45) is 0. The number of nitrogens with one attached hydrogen (secondary N) is 2. The molecule has 0 radical (unpaired) electrons. The number of carbonyl (C=O) groups excluding carboxylic acids is 2. The van der Waals surface area contributed by atoms with Crippen LogP contribution in [0.25, 0.3) is 0 Å². The first kappa shape index (κ1) is 18.0. The summed E-state index contributed by atoms with van der Waals surface area (Å²) in [6, 6.07) is 11.6. The number of hydrogen-bond acceptors (Lipinski definition) is 5. The maximum absolute atomic E-state index is 12.0. The molecule has 0 spiro atoms. The maximum atomic E-state index is 12.0. The monoisotopic (exact) mass is 376 g/mol. The van der Waals surface area contributed by atoms with Crippen molar-refractivity contribution in [3.05, 3.63) is 53.1 Å². The van der Waals surface area contributed by atoms with Gasteiger partial charge in [0.25, 0.3) is 0 Å². The standard InChI is InChI=1S/C18H17ClN2O5/c1-18(24,11-6-7-14-15(8-11)26-10-25-14)9-20-16(22)17(23)21-13-5-3-2-4-12(13)19/h2-8,24H,9-10H2,1H3,(H,20,22)(H,21,23). The van der Waals surface area contributed by atoms with Crippen molar-refractivity contribution in [3.63, 3.8) is 0 Å². The van der Waals surface area contributed by atoms with Crippen LogP contribution in [-0.2, 0) is 15.2 Å². The first-order valence-corrected chi connectivity index (χ1v) is 8.21. The molecule has 0 aromatic heterocycles. The molecule has 2 aromatic carbocycles. The molecule has 3 rings (SSSR count). The predicted octanol–water partition coefficient (Wildman–Crippen LogP) is 2.03. The van der Waals surface area contributed by atoms with Crippen LogP contribution in [0.3, 0.4) is 0 Å². The topological polar surface area (TPSA) is 96.9 Å². The van der Waals surface area contributed by atoms with Crippen molar-refractivity contribution in [2.45, 2.75) is 12.5 Å². The number of hydrogen-bond donors (Lipinski definition) is 3. The van der Waals surface area contributed by atoms with Gasteiger partial charge in [0.2, 0.25) is 6.79 Å². The van der Waals surface area contributed by atoms with Crippen LogP contribution in [0.4, 0.5) is 5.69 Å². The van der Waals surface area contributed by atoms with Gasteiger partial charge in [0, 0.05) is 0 Å². The summed E-state index contributed by atoms with van der Waals surface area (Å²) in [5.74, 6) is -0.649. The number of fused-ring (bicyclic) bond motifs is 1. The Morgan fingerprint density at radius 1 is 1.15 bits per heavy atom. The van der Waals surface area contributed by atoms with Gasteiger partial charge in [-0.15, -0.1) is 0 Å². The number of amides is 2. The number of anilines is 1. The molecule has 26 heavy (non-hydrogen) atoms. The lowest BCUT2D eigenvalue weighted by Gasteiger charge is -2.24. The van der Waals surface area contributed by atoms with Crippen LogP contribution in [0, 0.1) is 0 Å². The zero-order chi connectivity index (χ0) is 18.7. The van der Waals surface area contributed by atoms with Gasteiger partial charge < -0.3 is 25.2 Å². The van der Waals surface area contributed by atoms with Gasteiger partial charge in [-0.3, -0.25) is 9.59 Å². The smallest absolute Gasteiger partial charge is 0.313 e. The maximum Gasteiger partial charge on any atom is 0.313 e. The van der Waals surface area contributed by atoms with Crippen molar-refractivity contribution < 1.29 is 24.2 Å². The number of halogens is 1. The molecule has 0 saturated carbocycles. The number of aliphatic hydroxyl groups is 1. The molecule has 0 saturated heterocycles. The van der Waals surface area contributed by atoms with Crippen molar-refractivity contribution in [3.8, 4) is 11.5 Å². The summed E-state index contributed by atoms with van der Waals surface area (Å²) in [4.78, 5) is 24.0. The summed E-state index contributed by atoms with van der Waals surface area (Å²) >= 11 is 5.94. The molecule has 2 aromatic rings. The number of rotatable bonds is 4. The van der Waals surface area contributed by atoms with E-state index in [2.05, 4.69) is 10.6 Å². The zero-order valence-corrected chi connectivity index (χ0v) is 14.7. The minimum atomic E-state index is -1.40. The molecule has 1 unspecified atom stereocenters. The Hall–Kier alpha value is -2.77. The van der Waals surface area contributed by atoms with Crippen LogP contribution in [0.15, 0.2) is 42.5 Å². The van der Waals surface area contributed by atoms with Gasteiger partial charge in [-0.25, -0.2) is 0 Å². The van der Waals surface area contributed by atoms with E-state index in [1.807, 2.05) is 0 Å². The van der Waals surface area contributed by atoms with E-state index >= 15 is 0 Å². The van der Waals surface area contributed by atoms with Gasteiger partial charge in [-0.05, 0) is 36.8 Å². The molecule has 0 bridgehead atoms. The molecule has 1 atom stereocenters. The van der Waals surface area contributed by atoms with Crippen molar-refractivity contribution >= 4 is 29.1 Å². The minimum absolute atomic E-state index is 0.125. The fourth-order valence-corrected chi connectivity index (χ4v) is 2.59. The lowest BCUT2D eigenvalue weighted by Crippen LogP contribution is -2.43. The van der Waals surface area contributed by atoms with Gasteiger partial charge in [-0.1, -0.05) is 29.8 Å². The molecule has 1 aliphatic rings. The first-order chi connectivity index (χ1) is 12.4. The molecule has 3 N–H and O–H groups in total. The fraction of sp³-hybridized carbons (Fsp3) is 0.222. The van der Waals surface area contributed by atoms with E-state index in [0.29, 0.717) is 27.8 Å². The Balaban J connectivity index is 1.61. The predicted molar refractivity (Wildman–Crippen MR) is 95.2 cm³/mol. The van der Waals surface area contributed by atoms with Crippen molar-refractivity contribution in [2.75, 3.05) is 18.7 Å². The number of benzene rings is 2. The number of ether oxygens (including phenoxy) is 2. The van der Waals surface area contributed by atoms with Crippen LogP contribution < -0.4 is 20.1 Å². The number of para-hydroxylation sites is 1. The lowest BCUT2D eigenvalue weighted by molar-refractivity contribution is -0.136. The fourth-order valence-electron chi connectivity index (χ4n) is 2.41. The molecule has 136 valence electrons. The highest BCUT2D eigenvalue weighted by Crippen LogP contribution is 2.35. The SMILES string of the molecule is CC(O)(CNC(=O)C(=O)Nc1ccccc1Cl)c1ccc2c(c1)OCO2.